The molecule has 4 nitrogen and oxygen atoms in total. The van der Waals surface area contributed by atoms with Crippen molar-refractivity contribution in [1.29, 1.82) is 0 Å². The predicted molar refractivity (Wildman–Crippen MR) is 138 cm³/mol. The molecule has 32 heavy (non-hydrogen) atoms. The van der Waals surface area contributed by atoms with Gasteiger partial charge in [0.05, 0.1) is 27.2 Å². The van der Waals surface area contributed by atoms with Crippen LogP contribution in [0.3, 0.4) is 0 Å². The lowest BCUT2D eigenvalue weighted by Gasteiger charge is -2.30. The number of carbonyl (C=O) groups is 1. The van der Waals surface area contributed by atoms with Crippen molar-refractivity contribution < 1.29 is 19.1 Å². The van der Waals surface area contributed by atoms with Gasteiger partial charge in [0.15, 0.2) is 0 Å². The Morgan fingerprint density at radius 3 is 1.00 bits per heavy atom. The highest BCUT2D eigenvalue weighted by Crippen LogP contribution is 2.14. The van der Waals surface area contributed by atoms with E-state index >= 15 is 0 Å². The summed E-state index contributed by atoms with van der Waals surface area (Å²) < 4.78 is 4.80. The van der Waals surface area contributed by atoms with E-state index in [0.717, 1.165) is 7.11 Å². The highest BCUT2D eigenvalue weighted by molar-refractivity contribution is 5.53. The van der Waals surface area contributed by atoms with Crippen molar-refractivity contribution in [3.8, 4) is 0 Å². The Labute approximate surface area is 202 Å². The van der Waals surface area contributed by atoms with E-state index in [1.807, 2.05) is 0 Å². The first-order valence-electron chi connectivity index (χ1n) is 14.0. The number of nitrogens with zero attached hydrogens (tertiary/aromatic N) is 1. The summed E-state index contributed by atoms with van der Waals surface area (Å²) in [6.07, 6.45) is 27.5. The van der Waals surface area contributed by atoms with Crippen molar-refractivity contribution in [1.82, 2.24) is 0 Å². The maximum atomic E-state index is 9.03. The zero-order chi connectivity index (χ0) is 24.3. The van der Waals surface area contributed by atoms with Crippen LogP contribution >= 0.6 is 0 Å². The number of methoxy groups -OCH3 is 1. The minimum Gasteiger partial charge on any atom is -0.553 e. The molecule has 0 spiro atoms. The largest absolute Gasteiger partial charge is 0.553 e. The lowest BCUT2D eigenvalue weighted by atomic mass is 10.1. The first kappa shape index (κ1) is 33.4. The molecular weight excluding hydrogens is 398 g/mol. The Balaban J connectivity index is 0. The molecule has 0 aliphatic heterocycles. The topological polar surface area (TPSA) is 49.4 Å². The molecule has 0 bridgehead atoms. The van der Waals surface area contributed by atoms with E-state index in [4.69, 9.17) is 9.90 Å². The number of unbranched alkanes of at least 4 members (excludes halogenated alkanes) is 18. The van der Waals surface area contributed by atoms with Crippen molar-refractivity contribution in [3.63, 3.8) is 0 Å². The van der Waals surface area contributed by atoms with Crippen LogP contribution in [0.1, 0.15) is 142 Å². The molecule has 0 unspecified atom stereocenters. The summed E-state index contributed by atoms with van der Waals surface area (Å²) in [5.74, 6) is 0. The van der Waals surface area contributed by atoms with Crippen molar-refractivity contribution in [2.45, 2.75) is 142 Å². The smallest absolute Gasteiger partial charge is 0.251 e. The third kappa shape index (κ3) is 31.4. The number of quaternary nitrogens is 1. The van der Waals surface area contributed by atoms with Crippen LogP contribution in [0, 0.1) is 0 Å². The third-order valence-electron chi connectivity index (χ3n) is 6.40. The minimum absolute atomic E-state index is 1.04. The van der Waals surface area contributed by atoms with Crippen LogP contribution in [0.4, 0.5) is 4.79 Å². The van der Waals surface area contributed by atoms with Gasteiger partial charge < -0.3 is 19.1 Å². The van der Waals surface area contributed by atoms with Crippen LogP contribution in [0.2, 0.25) is 0 Å². The summed E-state index contributed by atoms with van der Waals surface area (Å²) in [6.45, 7) is 7.37. The number of hydrogen-bond donors (Lipinski definition) is 0. The predicted octanol–water partition coefficient (Wildman–Crippen LogP) is 7.88. The number of hydrogen-bond acceptors (Lipinski definition) is 3. The molecule has 194 valence electrons. The molecule has 0 fully saturated rings. The fourth-order valence-corrected chi connectivity index (χ4v) is 4.17. The van der Waals surface area contributed by atoms with E-state index in [0.29, 0.717) is 0 Å². The highest BCUT2D eigenvalue weighted by atomic mass is 16.6. The van der Waals surface area contributed by atoms with Gasteiger partial charge in [-0.2, -0.15) is 0 Å². The first-order chi connectivity index (χ1) is 15.4. The van der Waals surface area contributed by atoms with Crippen LogP contribution in [0.15, 0.2) is 0 Å². The average molecular weight is 458 g/mol. The molecule has 0 aromatic rings. The zero-order valence-corrected chi connectivity index (χ0v) is 22.7. The molecule has 0 heterocycles. The monoisotopic (exact) mass is 457 g/mol. The molecule has 0 N–H and O–H groups in total. The second-order valence-corrected chi connectivity index (χ2v) is 10.2. The van der Waals surface area contributed by atoms with Crippen LogP contribution in [0.5, 0.6) is 0 Å². The fraction of sp³-hybridized carbons (Fsp3) is 0.964. The van der Waals surface area contributed by atoms with Gasteiger partial charge in [0.1, 0.15) is 0 Å². The Kier molecular flexibility index (Phi) is 27.6. The van der Waals surface area contributed by atoms with Crippen molar-refractivity contribution >= 4 is 6.16 Å². The molecule has 0 aromatic carbocycles. The molecule has 0 aliphatic carbocycles. The molecule has 0 atom stereocenters. The Morgan fingerprint density at radius 2 is 0.781 bits per heavy atom. The summed E-state index contributed by atoms with van der Waals surface area (Å²) in [6, 6.07) is 0. The fourth-order valence-electron chi connectivity index (χ4n) is 4.17. The first-order valence-corrected chi connectivity index (χ1v) is 14.0. The van der Waals surface area contributed by atoms with Crippen molar-refractivity contribution in [2.75, 3.05) is 34.3 Å². The van der Waals surface area contributed by atoms with Gasteiger partial charge in [-0.1, -0.05) is 117 Å². The van der Waals surface area contributed by atoms with Crippen LogP contribution in [0.25, 0.3) is 0 Å². The van der Waals surface area contributed by atoms with Gasteiger partial charge in [-0.25, -0.2) is 0 Å². The van der Waals surface area contributed by atoms with Gasteiger partial charge in [-0.05, 0) is 25.7 Å². The van der Waals surface area contributed by atoms with Gasteiger partial charge in [-0.3, -0.25) is 0 Å². The van der Waals surface area contributed by atoms with E-state index in [9.17, 15) is 0 Å². The molecule has 0 radical (unpaired) electrons. The minimum atomic E-state index is -1.50. The van der Waals surface area contributed by atoms with Gasteiger partial charge >= 0.3 is 0 Å². The molecule has 0 saturated carbocycles. The summed E-state index contributed by atoms with van der Waals surface area (Å²) in [7, 11) is 5.93. The molecular formula is C28H59NO3. The number of carboxylic acid groups (broad SMARTS) is 1. The van der Waals surface area contributed by atoms with Crippen LogP contribution < -0.4 is 5.11 Å². The second-order valence-electron chi connectivity index (χ2n) is 10.2. The van der Waals surface area contributed by atoms with E-state index in [2.05, 4.69) is 32.7 Å². The lowest BCUT2D eigenvalue weighted by Crippen LogP contribution is -2.41. The summed E-state index contributed by atoms with van der Waals surface area (Å²) in [4.78, 5) is 9.03. The molecule has 0 aliphatic rings. The zero-order valence-electron chi connectivity index (χ0n) is 22.7. The van der Waals surface area contributed by atoms with Gasteiger partial charge in [-0.15, -0.1) is 0 Å². The molecule has 0 amide bonds. The quantitative estimate of drug-likeness (QED) is 0.0943. The SMILES string of the molecule is CCCCCCCCCCCC[N+](C)(C)CCCCCCCCCCCC.COC(=O)[O-]. The average Bonchev–Trinajstić information content (AvgIpc) is 2.76. The Hall–Kier alpha value is -0.770. The summed E-state index contributed by atoms with van der Waals surface area (Å²) >= 11 is 0. The van der Waals surface area contributed by atoms with E-state index in [1.165, 1.54) is 146 Å². The van der Waals surface area contributed by atoms with E-state index < -0.39 is 6.16 Å². The molecule has 0 saturated heterocycles. The van der Waals surface area contributed by atoms with Gasteiger partial charge in [0, 0.05) is 7.11 Å². The molecule has 0 rings (SSSR count). The number of rotatable bonds is 22. The lowest BCUT2D eigenvalue weighted by molar-refractivity contribution is -0.890. The van der Waals surface area contributed by atoms with Crippen LogP contribution in [-0.4, -0.2) is 44.9 Å². The normalized spacial score (nSPS) is 11.2. The maximum Gasteiger partial charge on any atom is 0.251 e. The van der Waals surface area contributed by atoms with Crippen LogP contribution in [-0.2, 0) is 4.74 Å². The number of ether oxygens (including phenoxy) is 1. The maximum absolute atomic E-state index is 9.03. The van der Waals surface area contributed by atoms with Gasteiger partial charge in [0.25, 0.3) is 6.16 Å². The second kappa shape index (κ2) is 26.5. The molecule has 0 aromatic heterocycles. The van der Waals surface area contributed by atoms with Crippen molar-refractivity contribution in [2.24, 2.45) is 0 Å². The van der Waals surface area contributed by atoms with Gasteiger partial charge in [0.2, 0.25) is 0 Å². The standard InChI is InChI=1S/C26H56N.C2H4O3/c1-5-7-9-11-13-15-17-19-21-23-25-27(3,4)26-24-22-20-18-16-14-12-10-8-6-2;1-5-2(3)4/h5-26H2,1-4H3;1H3,(H,3,4)/q+1;/p-1. The summed E-state index contributed by atoms with van der Waals surface area (Å²) in [5.41, 5.74) is 0. The van der Waals surface area contributed by atoms with E-state index in [-0.39, 0.29) is 0 Å². The summed E-state index contributed by atoms with van der Waals surface area (Å²) in [5, 5.41) is 9.03. The third-order valence-corrected chi connectivity index (χ3v) is 6.40. The number of carbonyl (C=O) groups excluding carboxylic acids is 1. The molecule has 4 heteroatoms. The Bertz CT molecular complexity index is 346. The van der Waals surface area contributed by atoms with Crippen molar-refractivity contribution in [3.05, 3.63) is 0 Å². The Morgan fingerprint density at radius 1 is 0.562 bits per heavy atom. The highest BCUT2D eigenvalue weighted by Gasteiger charge is 2.13. The van der Waals surface area contributed by atoms with E-state index in [1.54, 1.807) is 0 Å².